The van der Waals surface area contributed by atoms with E-state index in [1.54, 1.807) is 18.5 Å². The van der Waals surface area contributed by atoms with Crippen LogP contribution in [0.1, 0.15) is 30.0 Å². The molecular formula is C23H21Cl2N7. The molecule has 3 aromatic heterocycles. The molecule has 9 heteroatoms. The highest BCUT2D eigenvalue weighted by Gasteiger charge is 2.45. The number of aromatic nitrogens is 5. The number of hydrogen-bond acceptors (Lipinski definition) is 6. The Balaban J connectivity index is 1.25. The predicted octanol–water partition coefficient (Wildman–Crippen LogP) is 4.56. The van der Waals surface area contributed by atoms with Crippen LogP contribution < -0.4 is 10.6 Å². The van der Waals surface area contributed by atoms with E-state index in [0.29, 0.717) is 27.4 Å². The van der Waals surface area contributed by atoms with Gasteiger partial charge in [-0.1, -0.05) is 47.5 Å². The van der Waals surface area contributed by atoms with Crippen LogP contribution in [-0.4, -0.2) is 38.2 Å². The number of benzene rings is 1. The molecule has 0 bridgehead atoms. The first-order valence-corrected chi connectivity index (χ1v) is 11.4. The van der Waals surface area contributed by atoms with Gasteiger partial charge in [0.05, 0.1) is 16.9 Å². The number of anilines is 1. The molecule has 1 saturated heterocycles. The average Bonchev–Trinajstić information content (AvgIpc) is 3.35. The molecule has 3 N–H and O–H groups in total. The van der Waals surface area contributed by atoms with Gasteiger partial charge in [0.2, 0.25) is 5.65 Å². The summed E-state index contributed by atoms with van der Waals surface area (Å²) in [5.41, 5.74) is 12.1. The van der Waals surface area contributed by atoms with Crippen LogP contribution >= 0.6 is 23.2 Å². The number of fused-ring (bicyclic) bond motifs is 2. The second kappa shape index (κ2) is 7.40. The number of pyridine rings is 1. The molecule has 0 radical (unpaired) electrons. The minimum Gasteiger partial charge on any atom is -0.355 e. The zero-order valence-electron chi connectivity index (χ0n) is 17.2. The first-order chi connectivity index (χ1) is 15.6. The molecule has 1 aromatic carbocycles. The van der Waals surface area contributed by atoms with Crippen molar-refractivity contribution in [3.05, 3.63) is 64.0 Å². The smallest absolute Gasteiger partial charge is 0.202 e. The number of nitrogens with zero attached hydrogens (tertiary/aromatic N) is 5. The molecule has 0 amide bonds. The summed E-state index contributed by atoms with van der Waals surface area (Å²) < 4.78 is 0. The van der Waals surface area contributed by atoms with Gasteiger partial charge in [0.1, 0.15) is 16.5 Å². The second-order valence-electron chi connectivity index (χ2n) is 8.67. The van der Waals surface area contributed by atoms with Crippen molar-refractivity contribution in [1.29, 1.82) is 0 Å². The highest BCUT2D eigenvalue weighted by atomic mass is 35.5. The highest BCUT2D eigenvalue weighted by molar-refractivity contribution is 6.43. The monoisotopic (exact) mass is 465 g/mol. The number of halogens is 2. The van der Waals surface area contributed by atoms with E-state index < -0.39 is 0 Å². The van der Waals surface area contributed by atoms with Crippen molar-refractivity contribution < 1.29 is 0 Å². The topological polar surface area (TPSA) is 96.6 Å². The van der Waals surface area contributed by atoms with Gasteiger partial charge >= 0.3 is 0 Å². The van der Waals surface area contributed by atoms with Gasteiger partial charge in [0.15, 0.2) is 0 Å². The Bertz CT molecular complexity index is 1330. The SMILES string of the molecule is N[C@H]1c2ccccc2CC12CCN(c1cnc3c(-c4ccnc(Cl)c4Cl)[nH]nc3n1)CC2. The number of rotatable bonds is 2. The molecule has 7 nitrogen and oxygen atoms in total. The van der Waals surface area contributed by atoms with Gasteiger partial charge < -0.3 is 10.6 Å². The van der Waals surface area contributed by atoms with E-state index in [9.17, 15) is 0 Å². The number of aromatic amines is 1. The summed E-state index contributed by atoms with van der Waals surface area (Å²) in [7, 11) is 0. The number of nitrogens with one attached hydrogen (secondary N) is 1. The van der Waals surface area contributed by atoms with Crippen LogP contribution in [0.15, 0.2) is 42.7 Å². The molecule has 1 fully saturated rings. The van der Waals surface area contributed by atoms with Crippen molar-refractivity contribution in [1.82, 2.24) is 25.1 Å². The zero-order chi connectivity index (χ0) is 21.9. The minimum absolute atomic E-state index is 0.0975. The number of hydrogen-bond donors (Lipinski definition) is 2. The molecule has 32 heavy (non-hydrogen) atoms. The quantitative estimate of drug-likeness (QED) is 0.421. The summed E-state index contributed by atoms with van der Waals surface area (Å²) in [6.45, 7) is 1.79. The molecule has 4 aromatic rings. The van der Waals surface area contributed by atoms with Gasteiger partial charge in [-0.3, -0.25) is 5.10 Å². The fraction of sp³-hybridized carbons (Fsp3) is 0.304. The van der Waals surface area contributed by atoms with Crippen molar-refractivity contribution in [3.8, 4) is 11.3 Å². The second-order valence-corrected chi connectivity index (χ2v) is 9.40. The average molecular weight is 466 g/mol. The first kappa shape index (κ1) is 19.9. The first-order valence-electron chi connectivity index (χ1n) is 10.7. The predicted molar refractivity (Wildman–Crippen MR) is 126 cm³/mol. The van der Waals surface area contributed by atoms with Gasteiger partial charge in [-0.25, -0.2) is 15.0 Å². The normalized spacial score (nSPS) is 19.6. The Kier molecular flexibility index (Phi) is 4.61. The fourth-order valence-corrected chi connectivity index (χ4v) is 5.59. The molecule has 4 heterocycles. The van der Waals surface area contributed by atoms with E-state index in [1.165, 1.54) is 11.1 Å². The number of piperidine rings is 1. The molecule has 0 saturated carbocycles. The fourth-order valence-electron chi connectivity index (χ4n) is 5.22. The number of H-pyrrole nitrogens is 1. The summed E-state index contributed by atoms with van der Waals surface area (Å²) in [6, 6.07) is 10.5. The van der Waals surface area contributed by atoms with Gasteiger partial charge in [-0.05, 0) is 41.9 Å². The lowest BCUT2D eigenvalue weighted by atomic mass is 9.73. The van der Waals surface area contributed by atoms with Gasteiger partial charge in [-0.2, -0.15) is 5.10 Å². The standard InChI is InChI=1S/C23H21Cl2N7/c24-17-15(5-8-27-21(17)25)18-19-22(31-30-18)29-16(12-28-19)32-9-6-23(7-10-32)11-13-3-1-2-4-14(13)20(23)26/h1-5,8,12,20H,6-7,9-11,26H2,(H,29,30,31)/t20-/m0/s1. The van der Waals surface area contributed by atoms with E-state index in [1.807, 2.05) is 0 Å². The van der Waals surface area contributed by atoms with Crippen molar-refractivity contribution >= 4 is 40.2 Å². The van der Waals surface area contributed by atoms with Crippen LogP contribution in [-0.2, 0) is 6.42 Å². The van der Waals surface area contributed by atoms with E-state index >= 15 is 0 Å². The summed E-state index contributed by atoms with van der Waals surface area (Å²) in [6.07, 6.45) is 6.52. The molecule has 162 valence electrons. The maximum absolute atomic E-state index is 6.71. The molecule has 1 aliphatic heterocycles. The van der Waals surface area contributed by atoms with Crippen LogP contribution in [0.4, 0.5) is 5.82 Å². The molecular weight excluding hydrogens is 445 g/mol. The van der Waals surface area contributed by atoms with E-state index in [2.05, 4.69) is 49.3 Å². The lowest BCUT2D eigenvalue weighted by Gasteiger charge is -2.42. The Morgan fingerprint density at radius 1 is 1.09 bits per heavy atom. The Morgan fingerprint density at radius 3 is 2.72 bits per heavy atom. The summed E-state index contributed by atoms with van der Waals surface area (Å²) in [4.78, 5) is 15.7. The van der Waals surface area contributed by atoms with Crippen LogP contribution in [0.25, 0.3) is 22.4 Å². The largest absolute Gasteiger partial charge is 0.355 e. The van der Waals surface area contributed by atoms with Crippen molar-refractivity contribution in [3.63, 3.8) is 0 Å². The third-order valence-electron chi connectivity index (χ3n) is 7.04. The van der Waals surface area contributed by atoms with E-state index in [0.717, 1.165) is 38.2 Å². The molecule has 1 spiro atoms. The van der Waals surface area contributed by atoms with Crippen LogP contribution in [0.2, 0.25) is 10.2 Å². The minimum atomic E-state index is 0.0975. The van der Waals surface area contributed by atoms with Gasteiger partial charge in [0, 0.05) is 30.9 Å². The highest BCUT2D eigenvalue weighted by Crippen LogP contribution is 2.50. The maximum Gasteiger partial charge on any atom is 0.202 e. The summed E-state index contributed by atoms with van der Waals surface area (Å²) in [5, 5.41) is 7.97. The Morgan fingerprint density at radius 2 is 1.91 bits per heavy atom. The Labute approximate surface area is 195 Å². The third-order valence-corrected chi connectivity index (χ3v) is 7.81. The third kappa shape index (κ3) is 2.99. The van der Waals surface area contributed by atoms with Gasteiger partial charge in [0.25, 0.3) is 0 Å². The Hall–Kier alpha value is -2.74. The summed E-state index contributed by atoms with van der Waals surface area (Å²) in [5.74, 6) is 0.827. The van der Waals surface area contributed by atoms with Crippen LogP contribution in [0.3, 0.4) is 0 Å². The van der Waals surface area contributed by atoms with E-state index in [4.69, 9.17) is 33.9 Å². The lowest BCUT2D eigenvalue weighted by molar-refractivity contribution is 0.187. The summed E-state index contributed by atoms with van der Waals surface area (Å²) >= 11 is 12.4. The zero-order valence-corrected chi connectivity index (χ0v) is 18.7. The van der Waals surface area contributed by atoms with Gasteiger partial charge in [-0.15, -0.1) is 0 Å². The maximum atomic E-state index is 6.71. The molecule has 6 rings (SSSR count). The molecule has 1 aliphatic carbocycles. The van der Waals surface area contributed by atoms with Crippen molar-refractivity contribution in [2.24, 2.45) is 11.1 Å². The number of nitrogens with two attached hydrogens (primary N) is 1. The van der Waals surface area contributed by atoms with E-state index in [-0.39, 0.29) is 16.6 Å². The molecule has 0 unspecified atom stereocenters. The van der Waals surface area contributed by atoms with Crippen LogP contribution in [0.5, 0.6) is 0 Å². The molecule has 2 aliphatic rings. The van der Waals surface area contributed by atoms with Crippen molar-refractivity contribution in [2.45, 2.75) is 25.3 Å². The van der Waals surface area contributed by atoms with Crippen molar-refractivity contribution in [2.75, 3.05) is 18.0 Å². The lowest BCUT2D eigenvalue weighted by Crippen LogP contribution is -2.44. The molecule has 1 atom stereocenters. The van der Waals surface area contributed by atoms with Crippen LogP contribution in [0, 0.1) is 5.41 Å².